The van der Waals surface area contributed by atoms with Crippen LogP contribution in [-0.4, -0.2) is 25.9 Å². The second-order valence-corrected chi connectivity index (χ2v) is 3.17. The van der Waals surface area contributed by atoms with Gasteiger partial charge in [-0.05, 0) is 19.1 Å². The van der Waals surface area contributed by atoms with Crippen LogP contribution in [0.4, 0.5) is 8.78 Å². The summed E-state index contributed by atoms with van der Waals surface area (Å²) in [7, 11) is 0. The Morgan fingerprint density at radius 3 is 2.44 bits per heavy atom. The lowest BCUT2D eigenvalue weighted by Gasteiger charge is -2.16. The van der Waals surface area contributed by atoms with Crippen molar-refractivity contribution < 1.29 is 18.3 Å². The molecule has 0 saturated heterocycles. The van der Waals surface area contributed by atoms with E-state index in [-0.39, 0.29) is 25.0 Å². The number of halogens is 2. The van der Waals surface area contributed by atoms with Crippen LogP contribution in [0, 0.1) is 11.6 Å². The number of para-hydroxylation sites is 1. The van der Waals surface area contributed by atoms with E-state index in [4.69, 9.17) is 15.2 Å². The molecule has 0 radical (unpaired) electrons. The van der Waals surface area contributed by atoms with Crippen LogP contribution >= 0.6 is 0 Å². The Labute approximate surface area is 93.2 Å². The van der Waals surface area contributed by atoms with Gasteiger partial charge in [-0.25, -0.2) is 8.78 Å². The standard InChI is InChI=1S/C11H15F2NO2/c1-2-15-8(6-14)7-16-11-9(12)4-3-5-10(11)13/h3-5,8H,2,6-7,14H2,1H3. The summed E-state index contributed by atoms with van der Waals surface area (Å²) < 4.78 is 36.5. The van der Waals surface area contributed by atoms with E-state index in [1.165, 1.54) is 6.07 Å². The van der Waals surface area contributed by atoms with E-state index in [2.05, 4.69) is 0 Å². The third kappa shape index (κ3) is 3.43. The fraction of sp³-hybridized carbons (Fsp3) is 0.455. The molecule has 0 aromatic heterocycles. The number of ether oxygens (including phenoxy) is 2. The molecule has 0 aliphatic heterocycles. The molecule has 0 bridgehead atoms. The first-order valence-corrected chi connectivity index (χ1v) is 5.07. The molecule has 2 N–H and O–H groups in total. The zero-order chi connectivity index (χ0) is 12.0. The average Bonchev–Trinajstić information content (AvgIpc) is 2.27. The van der Waals surface area contributed by atoms with Crippen molar-refractivity contribution >= 4 is 0 Å². The van der Waals surface area contributed by atoms with Crippen LogP contribution in [0.2, 0.25) is 0 Å². The zero-order valence-electron chi connectivity index (χ0n) is 9.08. The van der Waals surface area contributed by atoms with Crippen molar-refractivity contribution in [1.82, 2.24) is 0 Å². The molecular weight excluding hydrogens is 216 g/mol. The number of nitrogens with two attached hydrogens (primary N) is 1. The number of benzene rings is 1. The lowest BCUT2D eigenvalue weighted by atomic mass is 10.3. The average molecular weight is 231 g/mol. The maximum atomic E-state index is 13.2. The zero-order valence-corrected chi connectivity index (χ0v) is 9.08. The third-order valence-corrected chi connectivity index (χ3v) is 2.00. The molecule has 0 spiro atoms. The summed E-state index contributed by atoms with van der Waals surface area (Å²) in [4.78, 5) is 0. The predicted molar refractivity (Wildman–Crippen MR) is 56.3 cm³/mol. The Balaban J connectivity index is 2.59. The Kier molecular flexibility index (Phi) is 5.14. The van der Waals surface area contributed by atoms with E-state index in [0.717, 1.165) is 12.1 Å². The molecule has 0 fully saturated rings. The minimum absolute atomic E-state index is 0.0300. The summed E-state index contributed by atoms with van der Waals surface area (Å²) in [5, 5.41) is 0. The monoisotopic (exact) mass is 231 g/mol. The first-order chi connectivity index (χ1) is 7.69. The third-order valence-electron chi connectivity index (χ3n) is 2.00. The summed E-state index contributed by atoms with van der Waals surface area (Å²) in [6, 6.07) is 3.55. The highest BCUT2D eigenvalue weighted by Crippen LogP contribution is 2.20. The minimum Gasteiger partial charge on any atom is -0.485 e. The van der Waals surface area contributed by atoms with Crippen LogP contribution < -0.4 is 10.5 Å². The van der Waals surface area contributed by atoms with E-state index in [0.29, 0.717) is 6.61 Å². The molecule has 1 atom stereocenters. The number of hydrogen-bond acceptors (Lipinski definition) is 3. The molecule has 3 nitrogen and oxygen atoms in total. The normalized spacial score (nSPS) is 12.5. The van der Waals surface area contributed by atoms with Crippen LogP contribution in [0.15, 0.2) is 18.2 Å². The van der Waals surface area contributed by atoms with Gasteiger partial charge in [-0.15, -0.1) is 0 Å². The van der Waals surface area contributed by atoms with Gasteiger partial charge in [0.1, 0.15) is 12.7 Å². The Morgan fingerprint density at radius 1 is 1.31 bits per heavy atom. The largest absolute Gasteiger partial charge is 0.485 e. The van der Waals surface area contributed by atoms with Gasteiger partial charge in [0, 0.05) is 13.2 Å². The fourth-order valence-corrected chi connectivity index (χ4v) is 1.22. The smallest absolute Gasteiger partial charge is 0.190 e. The van der Waals surface area contributed by atoms with E-state index in [1.54, 1.807) is 0 Å². The molecule has 1 aromatic rings. The molecular formula is C11H15F2NO2. The topological polar surface area (TPSA) is 44.5 Å². The van der Waals surface area contributed by atoms with Crippen molar-refractivity contribution in [2.24, 2.45) is 5.73 Å². The molecule has 0 heterocycles. The molecule has 0 saturated carbocycles. The Bertz CT molecular complexity index is 314. The van der Waals surface area contributed by atoms with E-state index in [9.17, 15) is 8.78 Å². The fourth-order valence-electron chi connectivity index (χ4n) is 1.22. The maximum Gasteiger partial charge on any atom is 0.190 e. The molecule has 16 heavy (non-hydrogen) atoms. The van der Waals surface area contributed by atoms with Crippen LogP contribution in [0.1, 0.15) is 6.92 Å². The van der Waals surface area contributed by atoms with Crippen LogP contribution in [0.3, 0.4) is 0 Å². The van der Waals surface area contributed by atoms with Gasteiger partial charge in [-0.3, -0.25) is 0 Å². The van der Waals surface area contributed by atoms with Gasteiger partial charge in [0.05, 0.1) is 0 Å². The highest BCUT2D eigenvalue weighted by Gasteiger charge is 2.13. The maximum absolute atomic E-state index is 13.2. The van der Waals surface area contributed by atoms with Gasteiger partial charge in [0.2, 0.25) is 0 Å². The van der Waals surface area contributed by atoms with Crippen molar-refractivity contribution in [2.75, 3.05) is 19.8 Å². The van der Waals surface area contributed by atoms with Crippen LogP contribution in [-0.2, 0) is 4.74 Å². The van der Waals surface area contributed by atoms with E-state index < -0.39 is 11.6 Å². The second kappa shape index (κ2) is 6.40. The highest BCUT2D eigenvalue weighted by atomic mass is 19.1. The molecule has 90 valence electrons. The molecule has 1 unspecified atom stereocenters. The lowest BCUT2D eigenvalue weighted by Crippen LogP contribution is -2.30. The Morgan fingerprint density at radius 2 is 1.94 bits per heavy atom. The first-order valence-electron chi connectivity index (χ1n) is 5.07. The molecule has 0 aliphatic carbocycles. The molecule has 1 aromatic carbocycles. The summed E-state index contributed by atoms with van der Waals surface area (Å²) >= 11 is 0. The summed E-state index contributed by atoms with van der Waals surface area (Å²) in [6.45, 7) is 2.56. The van der Waals surface area contributed by atoms with E-state index in [1.807, 2.05) is 6.92 Å². The molecule has 5 heteroatoms. The first kappa shape index (κ1) is 12.9. The quantitative estimate of drug-likeness (QED) is 0.810. The molecule has 0 aliphatic rings. The van der Waals surface area contributed by atoms with Gasteiger partial charge in [0.25, 0.3) is 0 Å². The van der Waals surface area contributed by atoms with Gasteiger partial charge in [-0.1, -0.05) is 6.07 Å². The van der Waals surface area contributed by atoms with Crippen molar-refractivity contribution in [3.63, 3.8) is 0 Å². The highest BCUT2D eigenvalue weighted by molar-refractivity contribution is 5.25. The predicted octanol–water partition coefficient (Wildman–Crippen LogP) is 1.71. The van der Waals surface area contributed by atoms with Gasteiger partial charge < -0.3 is 15.2 Å². The number of hydrogen-bond donors (Lipinski definition) is 1. The van der Waals surface area contributed by atoms with Crippen molar-refractivity contribution in [3.8, 4) is 5.75 Å². The van der Waals surface area contributed by atoms with Crippen molar-refractivity contribution in [1.29, 1.82) is 0 Å². The minimum atomic E-state index is -0.729. The van der Waals surface area contributed by atoms with Crippen LogP contribution in [0.25, 0.3) is 0 Å². The van der Waals surface area contributed by atoms with Gasteiger partial charge >= 0.3 is 0 Å². The summed E-state index contributed by atoms with van der Waals surface area (Å²) in [5.41, 5.74) is 5.41. The molecule has 1 rings (SSSR count). The SMILES string of the molecule is CCOC(CN)COc1c(F)cccc1F. The van der Waals surface area contributed by atoms with Crippen molar-refractivity contribution in [3.05, 3.63) is 29.8 Å². The van der Waals surface area contributed by atoms with Crippen molar-refractivity contribution in [2.45, 2.75) is 13.0 Å². The van der Waals surface area contributed by atoms with Gasteiger partial charge in [0.15, 0.2) is 17.4 Å². The van der Waals surface area contributed by atoms with Crippen LogP contribution in [0.5, 0.6) is 5.75 Å². The lowest BCUT2D eigenvalue weighted by molar-refractivity contribution is 0.0316. The summed E-state index contributed by atoms with van der Waals surface area (Å²) in [6.07, 6.45) is -0.357. The summed E-state index contributed by atoms with van der Waals surface area (Å²) in [5.74, 6) is -1.85. The number of rotatable bonds is 6. The molecule has 0 amide bonds. The second-order valence-electron chi connectivity index (χ2n) is 3.17. The van der Waals surface area contributed by atoms with Gasteiger partial charge in [-0.2, -0.15) is 0 Å². The van der Waals surface area contributed by atoms with E-state index >= 15 is 0 Å². The Hall–Kier alpha value is -1.20.